The van der Waals surface area contributed by atoms with Crippen LogP contribution in [0.15, 0.2) is 15.4 Å². The standard InChI is InChI=1S/C4H3BO2S/c6-2-3-1-5-4(8)7-3/h1-2,8H. The van der Waals surface area contributed by atoms with Crippen LogP contribution in [0, 0.1) is 0 Å². The van der Waals surface area contributed by atoms with Gasteiger partial charge in [0.15, 0.2) is 0 Å². The molecule has 0 saturated carbocycles. The van der Waals surface area contributed by atoms with Crippen LogP contribution >= 0.6 is 12.6 Å². The first-order valence-electron chi connectivity index (χ1n) is 2.07. The van der Waals surface area contributed by atoms with Gasteiger partial charge in [0.25, 0.3) is 0 Å². The van der Waals surface area contributed by atoms with Gasteiger partial charge in [-0.25, -0.2) is 0 Å². The normalized spacial score (nSPS) is 8.62. The zero-order valence-electron chi connectivity index (χ0n) is 4.00. The Hall–Kier alpha value is -0.505. The minimum atomic E-state index is 0.315. The predicted octanol–water partition coefficient (Wildman–Crippen LogP) is 0.719. The monoisotopic (exact) mass is 126 g/mol. The van der Waals surface area contributed by atoms with E-state index in [4.69, 9.17) is 4.42 Å². The molecule has 0 spiro atoms. The number of carbonyl (C=O) groups is 1. The summed E-state index contributed by atoms with van der Waals surface area (Å²) in [5, 5.41) is 0. The molecule has 40 valence electrons. The average molecular weight is 126 g/mol. The molecule has 0 N–H and O–H groups in total. The number of thiol groups is 1. The van der Waals surface area contributed by atoms with Gasteiger partial charge in [-0.3, -0.25) is 0 Å². The van der Waals surface area contributed by atoms with Gasteiger partial charge in [-0.2, -0.15) is 0 Å². The first kappa shape index (κ1) is 5.63. The summed E-state index contributed by atoms with van der Waals surface area (Å²) in [5.41, 5.74) is 0. The van der Waals surface area contributed by atoms with Crippen LogP contribution in [0.2, 0.25) is 0 Å². The third-order valence-corrected chi connectivity index (χ3v) is 0.969. The molecule has 1 aromatic heterocycles. The summed E-state index contributed by atoms with van der Waals surface area (Å²) in [7, 11) is 0. The fourth-order valence-electron chi connectivity index (χ4n) is 0.406. The molecule has 0 bridgehead atoms. The van der Waals surface area contributed by atoms with Gasteiger partial charge in [-0.15, -0.1) is 0 Å². The Kier molecular flexibility index (Phi) is 1.53. The van der Waals surface area contributed by atoms with E-state index in [1.165, 1.54) is 0 Å². The van der Waals surface area contributed by atoms with E-state index in [9.17, 15) is 4.79 Å². The molecule has 0 amide bonds. The maximum absolute atomic E-state index is 9.89. The second-order valence-electron chi connectivity index (χ2n) is 1.29. The van der Waals surface area contributed by atoms with E-state index in [0.717, 1.165) is 0 Å². The van der Waals surface area contributed by atoms with Crippen molar-refractivity contribution >= 4 is 25.8 Å². The molecule has 0 atom stereocenters. The summed E-state index contributed by atoms with van der Waals surface area (Å²) in [6.45, 7) is 1.62. The Labute approximate surface area is 52.5 Å². The van der Waals surface area contributed by atoms with Crippen LogP contribution < -0.4 is 0 Å². The third kappa shape index (κ3) is 1.01. The molecule has 8 heavy (non-hydrogen) atoms. The summed E-state index contributed by atoms with van der Waals surface area (Å²) in [6.07, 6.45) is 0.639. The molecule has 0 aliphatic carbocycles. The number of hydrogen-bond acceptors (Lipinski definition) is 3. The van der Waals surface area contributed by atoms with Crippen LogP contribution in [0.25, 0.3) is 0 Å². The number of hydrogen-bond donors (Lipinski definition) is 1. The zero-order chi connectivity index (χ0) is 5.98. The second-order valence-corrected chi connectivity index (χ2v) is 1.73. The van der Waals surface area contributed by atoms with Gasteiger partial charge < -0.3 is 0 Å². The van der Waals surface area contributed by atoms with Gasteiger partial charge in [0.2, 0.25) is 0 Å². The van der Waals surface area contributed by atoms with E-state index in [-0.39, 0.29) is 0 Å². The van der Waals surface area contributed by atoms with Crippen molar-refractivity contribution in [2.45, 2.75) is 4.99 Å². The Balaban J connectivity index is 3.00. The summed E-state index contributed by atoms with van der Waals surface area (Å²) in [6, 6.07) is 0. The second kappa shape index (κ2) is 2.18. The maximum atomic E-state index is 9.89. The molecule has 0 aliphatic rings. The molecule has 0 radical (unpaired) electrons. The molecule has 1 aromatic rings. The van der Waals surface area contributed by atoms with E-state index in [1.54, 1.807) is 12.9 Å². The Morgan fingerprint density at radius 2 is 2.62 bits per heavy atom. The zero-order valence-corrected chi connectivity index (χ0v) is 4.89. The quantitative estimate of drug-likeness (QED) is 0.443. The number of carbonyl (C=O) groups excluding carboxylic acids is 1. The van der Waals surface area contributed by atoms with Crippen LogP contribution in [0.3, 0.4) is 0 Å². The van der Waals surface area contributed by atoms with Crippen LogP contribution in [-0.2, 0) is 0 Å². The van der Waals surface area contributed by atoms with Crippen molar-refractivity contribution in [3.63, 3.8) is 0 Å². The minimum absolute atomic E-state index is 0.315. The average Bonchev–Trinajstić information content (AvgIpc) is 2.14. The predicted molar refractivity (Wildman–Crippen MR) is 32.7 cm³/mol. The van der Waals surface area contributed by atoms with E-state index in [2.05, 4.69) is 12.6 Å². The van der Waals surface area contributed by atoms with E-state index < -0.39 is 0 Å². The molecule has 4 heteroatoms. The Bertz CT molecular complexity index is 196. The summed E-state index contributed by atoms with van der Waals surface area (Å²) in [4.78, 5) is 10.4. The molecule has 0 saturated heterocycles. The topological polar surface area (TPSA) is 30.2 Å². The van der Waals surface area contributed by atoms with Gasteiger partial charge in [-0.05, 0) is 0 Å². The molecule has 1 rings (SSSR count). The molecule has 0 unspecified atom stereocenters. The Morgan fingerprint density at radius 1 is 1.88 bits per heavy atom. The van der Waals surface area contributed by atoms with Gasteiger partial charge >= 0.3 is 51.7 Å². The summed E-state index contributed by atoms with van der Waals surface area (Å²) in [5.74, 6) is 1.88. The van der Waals surface area contributed by atoms with Crippen molar-refractivity contribution in [2.75, 3.05) is 0 Å². The van der Waals surface area contributed by atoms with Crippen molar-refractivity contribution in [3.8, 4) is 0 Å². The fourth-order valence-corrected chi connectivity index (χ4v) is 0.585. The van der Waals surface area contributed by atoms with Crippen molar-refractivity contribution in [1.82, 2.24) is 0 Å². The molecule has 2 nitrogen and oxygen atoms in total. The number of rotatable bonds is 1. The molecule has 0 aromatic carbocycles. The Morgan fingerprint density at radius 3 is 2.88 bits per heavy atom. The van der Waals surface area contributed by atoms with Crippen LogP contribution in [0.5, 0.6) is 0 Å². The number of aldehydes is 1. The molecule has 0 fully saturated rings. The fraction of sp³-hybridized carbons (Fsp3) is 0. The van der Waals surface area contributed by atoms with E-state index >= 15 is 0 Å². The molecular formula is C4H3BO2S. The molecule has 1 heterocycles. The van der Waals surface area contributed by atoms with Crippen molar-refractivity contribution < 1.29 is 9.21 Å². The van der Waals surface area contributed by atoms with Crippen molar-refractivity contribution in [3.05, 3.63) is 11.7 Å². The first-order valence-corrected chi connectivity index (χ1v) is 2.51. The van der Waals surface area contributed by atoms with Crippen LogP contribution in [0.1, 0.15) is 10.6 Å². The van der Waals surface area contributed by atoms with Gasteiger partial charge in [-0.1, -0.05) is 0 Å². The third-order valence-electron chi connectivity index (χ3n) is 0.729. The molecule has 0 aliphatic heterocycles. The molecular weight excluding hydrogens is 123 g/mol. The van der Waals surface area contributed by atoms with Crippen molar-refractivity contribution in [2.24, 2.45) is 0 Å². The summed E-state index contributed by atoms with van der Waals surface area (Å²) >= 11 is 3.83. The first-order chi connectivity index (χ1) is 3.83. The van der Waals surface area contributed by atoms with Gasteiger partial charge in [0, 0.05) is 0 Å². The van der Waals surface area contributed by atoms with Crippen LogP contribution in [-0.4, -0.2) is 13.2 Å². The van der Waals surface area contributed by atoms with Crippen molar-refractivity contribution in [1.29, 1.82) is 0 Å². The van der Waals surface area contributed by atoms with Gasteiger partial charge in [0.1, 0.15) is 0 Å². The SMILES string of the molecule is O=Cc1cbc(S)o1. The van der Waals surface area contributed by atoms with E-state index in [0.29, 0.717) is 17.0 Å². The van der Waals surface area contributed by atoms with Crippen LogP contribution in [0.4, 0.5) is 0 Å². The van der Waals surface area contributed by atoms with Gasteiger partial charge in [0.05, 0.1) is 0 Å². The van der Waals surface area contributed by atoms with E-state index in [1.807, 2.05) is 0 Å². The summed E-state index contributed by atoms with van der Waals surface area (Å²) < 4.78 is 4.73.